The number of rotatable bonds is 11. The van der Waals surface area contributed by atoms with E-state index in [0.717, 1.165) is 9.87 Å². The van der Waals surface area contributed by atoms with Crippen molar-refractivity contribution in [3.05, 3.63) is 89.7 Å². The number of sulfonamides is 1. The van der Waals surface area contributed by atoms with Gasteiger partial charge in [0.2, 0.25) is 5.91 Å². The van der Waals surface area contributed by atoms with Crippen molar-refractivity contribution in [3.8, 4) is 5.75 Å². The summed E-state index contributed by atoms with van der Waals surface area (Å²) in [6, 6.07) is 19.7. The van der Waals surface area contributed by atoms with Crippen molar-refractivity contribution in [2.24, 2.45) is 0 Å². The quantitative estimate of drug-likeness (QED) is 0.394. The number of hydrogen-bond acceptors (Lipinski definition) is 5. The molecular formula is C25H27FN2O4S2. The lowest BCUT2D eigenvalue weighted by molar-refractivity contribution is -0.119. The van der Waals surface area contributed by atoms with Crippen molar-refractivity contribution < 1.29 is 22.3 Å². The van der Waals surface area contributed by atoms with Gasteiger partial charge in [-0.05, 0) is 48.4 Å². The van der Waals surface area contributed by atoms with Gasteiger partial charge in [0.05, 0.1) is 17.7 Å². The fourth-order valence-corrected chi connectivity index (χ4v) is 5.55. The van der Waals surface area contributed by atoms with E-state index in [4.69, 9.17) is 4.74 Å². The number of methoxy groups -OCH3 is 1. The predicted octanol–water partition coefficient (Wildman–Crippen LogP) is 4.39. The van der Waals surface area contributed by atoms with E-state index in [1.165, 1.54) is 37.1 Å². The highest BCUT2D eigenvalue weighted by atomic mass is 32.2. The minimum absolute atomic E-state index is 0.0757. The normalized spacial score (nSPS) is 11.1. The molecule has 0 bridgehead atoms. The number of nitrogens with zero attached hydrogens (tertiary/aromatic N) is 1. The van der Waals surface area contributed by atoms with Crippen LogP contribution < -0.4 is 14.4 Å². The van der Waals surface area contributed by atoms with Crippen LogP contribution in [0.15, 0.2) is 77.7 Å². The summed E-state index contributed by atoms with van der Waals surface area (Å²) in [5.74, 6) is 0.678. The van der Waals surface area contributed by atoms with Crippen LogP contribution in [0.2, 0.25) is 0 Å². The Morgan fingerprint density at radius 3 is 2.47 bits per heavy atom. The molecule has 180 valence electrons. The molecule has 0 heterocycles. The molecule has 0 unspecified atom stereocenters. The molecule has 1 N–H and O–H groups in total. The number of thioether (sulfide) groups is 1. The number of hydrogen-bond donors (Lipinski definition) is 1. The number of carbonyl (C=O) groups is 1. The standard InChI is InChI=1S/C25H27FN2O4S2/c1-19-12-13-24(32-2)23(16-19)28(34(30,31)21-9-4-3-5-10-21)17-25(29)27-14-15-33-18-20-8-6-7-11-22(20)26/h3-13,16H,14-15,17-18H2,1-2H3,(H,27,29). The number of nitrogens with one attached hydrogen (secondary N) is 1. The summed E-state index contributed by atoms with van der Waals surface area (Å²) in [7, 11) is -2.58. The van der Waals surface area contributed by atoms with E-state index < -0.39 is 22.5 Å². The molecule has 0 saturated heterocycles. The average molecular weight is 503 g/mol. The second kappa shape index (κ2) is 11.9. The van der Waals surface area contributed by atoms with Gasteiger partial charge in [0, 0.05) is 18.1 Å². The van der Waals surface area contributed by atoms with Crippen LogP contribution in [-0.2, 0) is 20.6 Å². The monoisotopic (exact) mass is 502 g/mol. The molecule has 0 saturated carbocycles. The van der Waals surface area contributed by atoms with E-state index in [-0.39, 0.29) is 16.4 Å². The summed E-state index contributed by atoms with van der Waals surface area (Å²) >= 11 is 1.48. The largest absolute Gasteiger partial charge is 0.495 e. The Hall–Kier alpha value is -3.04. The van der Waals surface area contributed by atoms with Gasteiger partial charge in [-0.2, -0.15) is 11.8 Å². The number of aryl methyl sites for hydroxylation is 1. The molecule has 34 heavy (non-hydrogen) atoms. The van der Waals surface area contributed by atoms with Gasteiger partial charge in [-0.3, -0.25) is 9.10 Å². The maximum atomic E-state index is 13.7. The molecule has 0 radical (unpaired) electrons. The van der Waals surface area contributed by atoms with E-state index in [9.17, 15) is 17.6 Å². The van der Waals surface area contributed by atoms with E-state index >= 15 is 0 Å². The summed E-state index contributed by atoms with van der Waals surface area (Å²) in [6.45, 7) is 1.75. The summed E-state index contributed by atoms with van der Waals surface area (Å²) in [6.07, 6.45) is 0. The van der Waals surface area contributed by atoms with Gasteiger partial charge in [-0.15, -0.1) is 0 Å². The van der Waals surface area contributed by atoms with Gasteiger partial charge in [0.15, 0.2) is 0 Å². The van der Waals surface area contributed by atoms with Crippen molar-refractivity contribution in [1.82, 2.24) is 5.32 Å². The van der Waals surface area contributed by atoms with Crippen LogP contribution in [-0.4, -0.2) is 40.3 Å². The molecule has 3 aromatic rings. The van der Waals surface area contributed by atoms with Crippen molar-refractivity contribution in [1.29, 1.82) is 0 Å². The Bertz CT molecular complexity index is 1220. The van der Waals surface area contributed by atoms with Crippen molar-refractivity contribution in [2.45, 2.75) is 17.6 Å². The number of benzene rings is 3. The zero-order valence-electron chi connectivity index (χ0n) is 19.0. The van der Waals surface area contributed by atoms with Crippen molar-refractivity contribution in [3.63, 3.8) is 0 Å². The summed E-state index contributed by atoms with van der Waals surface area (Å²) in [5.41, 5.74) is 1.72. The number of halogens is 1. The Balaban J connectivity index is 1.71. The minimum atomic E-state index is -4.03. The highest BCUT2D eigenvalue weighted by Crippen LogP contribution is 2.33. The van der Waals surface area contributed by atoms with Gasteiger partial charge < -0.3 is 10.1 Å². The topological polar surface area (TPSA) is 75.7 Å². The Kier molecular flexibility index (Phi) is 8.95. The lowest BCUT2D eigenvalue weighted by Crippen LogP contribution is -2.41. The molecule has 0 aliphatic rings. The maximum Gasteiger partial charge on any atom is 0.264 e. The van der Waals surface area contributed by atoms with Crippen molar-refractivity contribution >= 4 is 33.4 Å². The lowest BCUT2D eigenvalue weighted by atomic mass is 10.2. The fraction of sp³-hybridized carbons (Fsp3) is 0.240. The highest BCUT2D eigenvalue weighted by Gasteiger charge is 2.29. The van der Waals surface area contributed by atoms with Crippen LogP contribution in [0.1, 0.15) is 11.1 Å². The van der Waals surface area contributed by atoms with Crippen LogP contribution >= 0.6 is 11.8 Å². The van der Waals surface area contributed by atoms with Gasteiger partial charge in [-0.25, -0.2) is 12.8 Å². The number of amides is 1. The fourth-order valence-electron chi connectivity index (χ4n) is 3.26. The van der Waals surface area contributed by atoms with E-state index in [0.29, 0.717) is 29.4 Å². The second-order valence-corrected chi connectivity index (χ2v) is 10.5. The zero-order chi connectivity index (χ0) is 24.6. The van der Waals surface area contributed by atoms with E-state index in [2.05, 4.69) is 5.32 Å². The summed E-state index contributed by atoms with van der Waals surface area (Å²) in [4.78, 5) is 12.8. The molecule has 0 fully saturated rings. The SMILES string of the molecule is COc1ccc(C)cc1N(CC(=O)NCCSCc1ccccc1F)S(=O)(=O)c1ccccc1. The Morgan fingerprint density at radius 1 is 1.06 bits per heavy atom. The molecule has 3 rings (SSSR count). The van der Waals surface area contributed by atoms with Gasteiger partial charge in [0.1, 0.15) is 18.1 Å². The highest BCUT2D eigenvalue weighted by molar-refractivity contribution is 7.98. The minimum Gasteiger partial charge on any atom is -0.495 e. The first-order valence-electron chi connectivity index (χ1n) is 10.6. The number of carbonyl (C=O) groups excluding carboxylic acids is 1. The van der Waals surface area contributed by atoms with E-state index in [1.54, 1.807) is 48.5 Å². The van der Waals surface area contributed by atoms with Crippen LogP contribution in [0, 0.1) is 12.7 Å². The van der Waals surface area contributed by atoms with E-state index in [1.807, 2.05) is 13.0 Å². The molecule has 0 aliphatic carbocycles. The van der Waals surface area contributed by atoms with Crippen LogP contribution in [0.5, 0.6) is 5.75 Å². The third-order valence-corrected chi connectivity index (χ3v) is 7.79. The molecule has 1 amide bonds. The molecule has 3 aromatic carbocycles. The average Bonchev–Trinajstić information content (AvgIpc) is 2.84. The predicted molar refractivity (Wildman–Crippen MR) is 134 cm³/mol. The first-order valence-corrected chi connectivity index (χ1v) is 13.2. The summed E-state index contributed by atoms with van der Waals surface area (Å²) < 4.78 is 47.1. The van der Waals surface area contributed by atoms with Crippen molar-refractivity contribution in [2.75, 3.05) is 30.3 Å². The Labute approximate surface area is 204 Å². The van der Waals surface area contributed by atoms with Crippen LogP contribution in [0.25, 0.3) is 0 Å². The van der Waals surface area contributed by atoms with Gasteiger partial charge in [-0.1, -0.05) is 42.5 Å². The first kappa shape index (κ1) is 25.6. The second-order valence-electron chi connectivity index (χ2n) is 7.49. The molecule has 0 spiro atoms. The Morgan fingerprint density at radius 2 is 1.76 bits per heavy atom. The molecule has 0 aromatic heterocycles. The third-order valence-electron chi connectivity index (χ3n) is 5.01. The smallest absolute Gasteiger partial charge is 0.264 e. The molecule has 6 nitrogen and oxygen atoms in total. The zero-order valence-corrected chi connectivity index (χ0v) is 20.7. The lowest BCUT2D eigenvalue weighted by Gasteiger charge is -2.26. The van der Waals surface area contributed by atoms with Crippen LogP contribution in [0.4, 0.5) is 10.1 Å². The summed E-state index contributed by atoms with van der Waals surface area (Å²) in [5, 5.41) is 2.76. The van der Waals surface area contributed by atoms with Gasteiger partial charge >= 0.3 is 0 Å². The molecular weight excluding hydrogens is 475 g/mol. The number of anilines is 1. The molecule has 0 aliphatic heterocycles. The third kappa shape index (κ3) is 6.51. The maximum absolute atomic E-state index is 13.7. The first-order chi connectivity index (χ1) is 16.3. The van der Waals surface area contributed by atoms with Gasteiger partial charge in [0.25, 0.3) is 10.0 Å². The molecule has 9 heteroatoms. The van der Waals surface area contributed by atoms with Crippen LogP contribution in [0.3, 0.4) is 0 Å². The number of ether oxygens (including phenoxy) is 1. The molecule has 0 atom stereocenters.